The van der Waals surface area contributed by atoms with Crippen molar-refractivity contribution < 1.29 is 18.0 Å². The average Bonchev–Trinajstić information content (AvgIpc) is 3.44. The van der Waals surface area contributed by atoms with Crippen LogP contribution in [-0.2, 0) is 18.3 Å². The fourth-order valence-corrected chi connectivity index (χ4v) is 4.40. The van der Waals surface area contributed by atoms with Crippen molar-refractivity contribution in [1.29, 1.82) is 0 Å². The predicted octanol–water partition coefficient (Wildman–Crippen LogP) is 3.90. The van der Waals surface area contributed by atoms with Gasteiger partial charge in [0.25, 0.3) is 5.91 Å². The summed E-state index contributed by atoms with van der Waals surface area (Å²) < 4.78 is 38.8. The maximum absolute atomic E-state index is 12.9. The molecule has 12 heteroatoms. The van der Waals surface area contributed by atoms with Crippen LogP contribution in [0.5, 0.6) is 0 Å². The first-order chi connectivity index (χ1) is 18.3. The quantitative estimate of drug-likeness (QED) is 0.291. The second kappa shape index (κ2) is 10.6. The van der Waals surface area contributed by atoms with Gasteiger partial charge in [0.2, 0.25) is 0 Å². The Balaban J connectivity index is 1.32. The largest absolute Gasteiger partial charge is 0.433 e. The lowest BCUT2D eigenvalue weighted by Gasteiger charge is -2.37. The molecule has 3 aromatic heterocycles. The summed E-state index contributed by atoms with van der Waals surface area (Å²) in [6.07, 6.45) is 0.283. The van der Waals surface area contributed by atoms with Gasteiger partial charge in [0.1, 0.15) is 5.69 Å². The first-order valence-electron chi connectivity index (χ1n) is 12.1. The van der Waals surface area contributed by atoms with E-state index in [4.69, 9.17) is 4.98 Å². The first kappa shape index (κ1) is 25.3. The number of carbonyl (C=O) groups is 1. The van der Waals surface area contributed by atoms with Gasteiger partial charge in [-0.2, -0.15) is 18.3 Å². The van der Waals surface area contributed by atoms with E-state index in [1.54, 1.807) is 30.6 Å². The standard InChI is InChI=1S/C26H25F3N8O/c27-26(28,29)21-6-2-5-20(33-21)16-32-23(38)18-3-1-4-19(15-18)35-25(9-13-31-14-10-25)24-34-22(36-37-24)17-7-11-30-12-8-17/h1-8,11-12,15,31,35H,9-10,13-14,16H2,(H,32,38)(H,34,36,37). The summed E-state index contributed by atoms with van der Waals surface area (Å²) in [5.74, 6) is 0.835. The molecule has 4 heterocycles. The second-order valence-corrected chi connectivity index (χ2v) is 8.98. The molecule has 1 aromatic carbocycles. The lowest BCUT2D eigenvalue weighted by atomic mass is 9.87. The molecule has 1 amide bonds. The summed E-state index contributed by atoms with van der Waals surface area (Å²) in [5.41, 5.74) is 0.495. The molecule has 1 aliphatic heterocycles. The molecule has 0 unspecified atom stereocenters. The van der Waals surface area contributed by atoms with Crippen LogP contribution in [0.4, 0.5) is 18.9 Å². The van der Waals surface area contributed by atoms with E-state index in [1.165, 1.54) is 12.1 Å². The van der Waals surface area contributed by atoms with Crippen LogP contribution < -0.4 is 16.0 Å². The van der Waals surface area contributed by atoms with E-state index in [0.717, 1.165) is 37.6 Å². The number of benzene rings is 1. The van der Waals surface area contributed by atoms with Crippen molar-refractivity contribution in [2.75, 3.05) is 18.4 Å². The van der Waals surface area contributed by atoms with Gasteiger partial charge in [0, 0.05) is 29.2 Å². The molecule has 38 heavy (non-hydrogen) atoms. The molecule has 0 aliphatic carbocycles. The van der Waals surface area contributed by atoms with Gasteiger partial charge in [-0.3, -0.25) is 14.9 Å². The molecule has 0 spiro atoms. The van der Waals surface area contributed by atoms with Gasteiger partial charge in [-0.25, -0.2) is 9.97 Å². The summed E-state index contributed by atoms with van der Waals surface area (Å²) in [6, 6.07) is 14.2. The molecule has 4 aromatic rings. The number of amides is 1. The highest BCUT2D eigenvalue weighted by atomic mass is 19.4. The Labute approximate surface area is 216 Å². The number of carbonyl (C=O) groups excluding carboxylic acids is 1. The summed E-state index contributed by atoms with van der Waals surface area (Å²) in [6.45, 7) is 1.40. The number of H-pyrrole nitrogens is 1. The number of hydrogen-bond acceptors (Lipinski definition) is 7. The van der Waals surface area contributed by atoms with Crippen molar-refractivity contribution >= 4 is 11.6 Å². The molecule has 4 N–H and O–H groups in total. The van der Waals surface area contributed by atoms with Crippen LogP contribution in [0, 0.1) is 0 Å². The topological polar surface area (TPSA) is 121 Å². The van der Waals surface area contributed by atoms with E-state index in [0.29, 0.717) is 22.9 Å². The van der Waals surface area contributed by atoms with Gasteiger partial charge in [0.15, 0.2) is 11.6 Å². The van der Waals surface area contributed by atoms with Crippen molar-refractivity contribution in [3.8, 4) is 11.4 Å². The zero-order valence-corrected chi connectivity index (χ0v) is 20.2. The lowest BCUT2D eigenvalue weighted by Crippen LogP contribution is -2.46. The van der Waals surface area contributed by atoms with Crippen LogP contribution in [0.3, 0.4) is 0 Å². The van der Waals surface area contributed by atoms with Gasteiger partial charge < -0.3 is 16.0 Å². The molecule has 0 atom stereocenters. The molecule has 5 rings (SSSR count). The number of aromatic nitrogens is 5. The smallest absolute Gasteiger partial charge is 0.373 e. The molecule has 0 radical (unpaired) electrons. The van der Waals surface area contributed by atoms with Crippen LogP contribution in [0.15, 0.2) is 67.0 Å². The van der Waals surface area contributed by atoms with Crippen LogP contribution in [-0.4, -0.2) is 44.1 Å². The zero-order chi connectivity index (χ0) is 26.6. The van der Waals surface area contributed by atoms with Crippen molar-refractivity contribution in [1.82, 2.24) is 35.8 Å². The molecular weight excluding hydrogens is 497 g/mol. The van der Waals surface area contributed by atoms with Crippen molar-refractivity contribution in [3.05, 3.63) is 89.8 Å². The van der Waals surface area contributed by atoms with Gasteiger partial charge in [-0.05, 0) is 68.4 Å². The van der Waals surface area contributed by atoms with Gasteiger partial charge in [-0.15, -0.1) is 0 Å². The normalized spacial score (nSPS) is 15.1. The average molecular weight is 523 g/mol. The molecule has 9 nitrogen and oxygen atoms in total. The SMILES string of the molecule is O=C(NCc1cccc(C(F)(F)F)n1)c1cccc(NC2(c3nc(-c4ccncc4)n[nH]3)CCNCC2)c1. The van der Waals surface area contributed by atoms with Crippen LogP contribution in [0.1, 0.15) is 40.4 Å². The number of nitrogens with zero attached hydrogens (tertiary/aromatic N) is 4. The Morgan fingerprint density at radius 1 is 1.00 bits per heavy atom. The Morgan fingerprint density at radius 2 is 1.76 bits per heavy atom. The van der Waals surface area contributed by atoms with Crippen LogP contribution >= 0.6 is 0 Å². The number of anilines is 1. The number of piperidine rings is 1. The van der Waals surface area contributed by atoms with E-state index in [-0.39, 0.29) is 12.2 Å². The number of aromatic amines is 1. The summed E-state index contributed by atoms with van der Waals surface area (Å²) in [7, 11) is 0. The third-order valence-corrected chi connectivity index (χ3v) is 6.37. The fourth-order valence-electron chi connectivity index (χ4n) is 4.40. The minimum atomic E-state index is -4.55. The predicted molar refractivity (Wildman–Crippen MR) is 134 cm³/mol. The lowest BCUT2D eigenvalue weighted by molar-refractivity contribution is -0.141. The Kier molecular flexibility index (Phi) is 7.05. The van der Waals surface area contributed by atoms with E-state index in [9.17, 15) is 18.0 Å². The minimum Gasteiger partial charge on any atom is -0.373 e. The summed E-state index contributed by atoms with van der Waals surface area (Å²) in [4.78, 5) is 25.2. The van der Waals surface area contributed by atoms with Crippen molar-refractivity contribution in [2.24, 2.45) is 0 Å². The van der Waals surface area contributed by atoms with Crippen LogP contribution in [0.25, 0.3) is 11.4 Å². The Bertz CT molecular complexity index is 1400. The molecule has 1 saturated heterocycles. The van der Waals surface area contributed by atoms with Gasteiger partial charge in [-0.1, -0.05) is 12.1 Å². The Hall–Kier alpha value is -4.32. The second-order valence-electron chi connectivity index (χ2n) is 8.98. The summed E-state index contributed by atoms with van der Waals surface area (Å²) in [5, 5.41) is 17.1. The number of hydrogen-bond donors (Lipinski definition) is 4. The van der Waals surface area contributed by atoms with Gasteiger partial charge in [0.05, 0.1) is 17.8 Å². The van der Waals surface area contributed by atoms with Crippen LogP contribution in [0.2, 0.25) is 0 Å². The maximum Gasteiger partial charge on any atom is 0.433 e. The molecule has 1 aliphatic rings. The number of pyridine rings is 2. The summed E-state index contributed by atoms with van der Waals surface area (Å²) >= 11 is 0. The monoisotopic (exact) mass is 522 g/mol. The Morgan fingerprint density at radius 3 is 2.53 bits per heavy atom. The minimum absolute atomic E-state index is 0.117. The molecule has 0 bridgehead atoms. The van der Waals surface area contributed by atoms with E-state index < -0.39 is 23.3 Å². The van der Waals surface area contributed by atoms with E-state index in [2.05, 4.69) is 36.1 Å². The molecular formula is C26H25F3N8O. The number of nitrogens with one attached hydrogen (secondary N) is 4. The zero-order valence-electron chi connectivity index (χ0n) is 20.2. The van der Waals surface area contributed by atoms with E-state index >= 15 is 0 Å². The molecule has 0 saturated carbocycles. The highest BCUT2D eigenvalue weighted by Crippen LogP contribution is 2.34. The maximum atomic E-state index is 12.9. The highest BCUT2D eigenvalue weighted by molar-refractivity contribution is 5.95. The molecule has 196 valence electrons. The number of alkyl halides is 3. The molecule has 1 fully saturated rings. The van der Waals surface area contributed by atoms with Crippen molar-refractivity contribution in [3.63, 3.8) is 0 Å². The van der Waals surface area contributed by atoms with E-state index in [1.807, 2.05) is 18.2 Å². The highest BCUT2D eigenvalue weighted by Gasteiger charge is 2.37. The van der Waals surface area contributed by atoms with Crippen molar-refractivity contribution in [2.45, 2.75) is 31.1 Å². The third-order valence-electron chi connectivity index (χ3n) is 6.37. The number of halogens is 3. The fraction of sp³-hybridized carbons (Fsp3) is 0.269. The number of rotatable bonds is 7. The van der Waals surface area contributed by atoms with Gasteiger partial charge >= 0.3 is 6.18 Å². The third kappa shape index (κ3) is 5.65. The first-order valence-corrected chi connectivity index (χ1v) is 12.1.